The SMILES string of the molecule is CCC(CSC)NCc1cnn2ccccc12. The van der Waals surface area contributed by atoms with E-state index in [1.165, 1.54) is 17.5 Å². The van der Waals surface area contributed by atoms with Gasteiger partial charge in [0.1, 0.15) is 0 Å². The second-order valence-corrected chi connectivity index (χ2v) is 5.05. The Bertz CT molecular complexity index is 466. The van der Waals surface area contributed by atoms with Crippen LogP contribution < -0.4 is 5.32 Å². The average molecular weight is 249 g/mol. The molecule has 0 aromatic carbocycles. The van der Waals surface area contributed by atoms with E-state index >= 15 is 0 Å². The first-order valence-electron chi connectivity index (χ1n) is 5.98. The molecule has 2 aromatic heterocycles. The normalized spacial score (nSPS) is 13.1. The van der Waals surface area contributed by atoms with Crippen molar-refractivity contribution in [2.75, 3.05) is 12.0 Å². The fourth-order valence-corrected chi connectivity index (χ4v) is 2.66. The van der Waals surface area contributed by atoms with Crippen molar-refractivity contribution in [3.05, 3.63) is 36.2 Å². The van der Waals surface area contributed by atoms with E-state index in [2.05, 4.69) is 35.7 Å². The number of hydrogen-bond donors (Lipinski definition) is 1. The predicted octanol–water partition coefficient (Wildman–Crippen LogP) is 2.57. The summed E-state index contributed by atoms with van der Waals surface area (Å²) >= 11 is 1.89. The number of pyridine rings is 1. The van der Waals surface area contributed by atoms with E-state index in [4.69, 9.17) is 0 Å². The molecule has 0 saturated heterocycles. The van der Waals surface area contributed by atoms with Crippen LogP contribution in [0.15, 0.2) is 30.6 Å². The number of nitrogens with zero attached hydrogens (tertiary/aromatic N) is 2. The van der Waals surface area contributed by atoms with Gasteiger partial charge >= 0.3 is 0 Å². The van der Waals surface area contributed by atoms with Crippen LogP contribution in [0.2, 0.25) is 0 Å². The number of aromatic nitrogens is 2. The average Bonchev–Trinajstić information content (AvgIpc) is 2.78. The molecular weight excluding hydrogens is 230 g/mol. The van der Waals surface area contributed by atoms with Crippen molar-refractivity contribution in [2.45, 2.75) is 25.9 Å². The lowest BCUT2D eigenvalue weighted by atomic mass is 10.2. The molecule has 0 aliphatic carbocycles. The fourth-order valence-electron chi connectivity index (χ4n) is 1.90. The Kier molecular flexibility index (Phi) is 4.45. The topological polar surface area (TPSA) is 29.3 Å². The number of nitrogens with one attached hydrogen (secondary N) is 1. The molecule has 1 N–H and O–H groups in total. The first-order chi connectivity index (χ1) is 8.35. The zero-order valence-corrected chi connectivity index (χ0v) is 11.2. The Morgan fingerprint density at radius 2 is 2.35 bits per heavy atom. The summed E-state index contributed by atoms with van der Waals surface area (Å²) in [6, 6.07) is 6.75. The van der Waals surface area contributed by atoms with Crippen LogP contribution in [0.4, 0.5) is 0 Å². The van der Waals surface area contributed by atoms with E-state index in [1.54, 1.807) is 0 Å². The number of fused-ring (bicyclic) bond motifs is 1. The highest BCUT2D eigenvalue weighted by Crippen LogP contribution is 2.10. The van der Waals surface area contributed by atoms with Gasteiger partial charge in [-0.1, -0.05) is 13.0 Å². The van der Waals surface area contributed by atoms with Crippen LogP contribution in [-0.2, 0) is 6.54 Å². The van der Waals surface area contributed by atoms with Crippen molar-refractivity contribution < 1.29 is 0 Å². The summed E-state index contributed by atoms with van der Waals surface area (Å²) in [6.07, 6.45) is 7.26. The van der Waals surface area contributed by atoms with Crippen molar-refractivity contribution in [3.8, 4) is 0 Å². The van der Waals surface area contributed by atoms with Crippen LogP contribution in [0.3, 0.4) is 0 Å². The Hall–Kier alpha value is -1.00. The first-order valence-corrected chi connectivity index (χ1v) is 7.38. The van der Waals surface area contributed by atoms with E-state index in [1.807, 2.05) is 34.7 Å². The van der Waals surface area contributed by atoms with Gasteiger partial charge in [0.25, 0.3) is 0 Å². The van der Waals surface area contributed by atoms with Gasteiger partial charge in [0.15, 0.2) is 0 Å². The van der Waals surface area contributed by atoms with Crippen molar-refractivity contribution in [3.63, 3.8) is 0 Å². The molecule has 0 bridgehead atoms. The smallest absolute Gasteiger partial charge is 0.0706 e. The van der Waals surface area contributed by atoms with E-state index in [0.717, 1.165) is 12.3 Å². The molecule has 3 nitrogen and oxygen atoms in total. The van der Waals surface area contributed by atoms with Crippen LogP contribution in [0, 0.1) is 0 Å². The first kappa shape index (κ1) is 12.5. The second kappa shape index (κ2) is 6.07. The molecule has 0 aliphatic rings. The van der Waals surface area contributed by atoms with Gasteiger partial charge in [0.05, 0.1) is 11.7 Å². The summed E-state index contributed by atoms with van der Waals surface area (Å²) in [4.78, 5) is 0. The third-order valence-corrected chi connectivity index (χ3v) is 3.68. The highest BCUT2D eigenvalue weighted by atomic mass is 32.2. The monoisotopic (exact) mass is 249 g/mol. The molecule has 2 aromatic rings. The highest BCUT2D eigenvalue weighted by Gasteiger charge is 2.07. The van der Waals surface area contributed by atoms with E-state index < -0.39 is 0 Å². The zero-order valence-electron chi connectivity index (χ0n) is 10.4. The fraction of sp³-hybridized carbons (Fsp3) is 0.462. The van der Waals surface area contributed by atoms with Crippen LogP contribution in [0.25, 0.3) is 5.52 Å². The maximum atomic E-state index is 4.34. The summed E-state index contributed by atoms with van der Waals surface area (Å²) in [5.41, 5.74) is 2.46. The molecule has 0 saturated carbocycles. The van der Waals surface area contributed by atoms with Gasteiger partial charge in [0, 0.05) is 30.1 Å². The van der Waals surface area contributed by atoms with Gasteiger partial charge in [-0.15, -0.1) is 0 Å². The van der Waals surface area contributed by atoms with Crippen molar-refractivity contribution >= 4 is 17.3 Å². The van der Waals surface area contributed by atoms with Gasteiger partial charge in [-0.25, -0.2) is 4.52 Å². The quantitative estimate of drug-likeness (QED) is 0.853. The summed E-state index contributed by atoms with van der Waals surface area (Å²) in [6.45, 7) is 3.12. The largest absolute Gasteiger partial charge is 0.309 e. The third-order valence-electron chi connectivity index (χ3n) is 2.95. The predicted molar refractivity (Wildman–Crippen MR) is 74.5 cm³/mol. The molecule has 0 spiro atoms. The molecule has 1 unspecified atom stereocenters. The van der Waals surface area contributed by atoms with Gasteiger partial charge in [0.2, 0.25) is 0 Å². The van der Waals surface area contributed by atoms with Crippen molar-refractivity contribution in [1.29, 1.82) is 0 Å². The van der Waals surface area contributed by atoms with Crippen LogP contribution in [0.5, 0.6) is 0 Å². The Labute approximate surface area is 107 Å². The van der Waals surface area contributed by atoms with Crippen LogP contribution >= 0.6 is 11.8 Å². The Balaban J connectivity index is 2.03. The molecule has 92 valence electrons. The summed E-state index contributed by atoms with van der Waals surface area (Å²) < 4.78 is 1.92. The molecule has 2 rings (SSSR count). The van der Waals surface area contributed by atoms with Gasteiger partial charge in [-0.05, 0) is 24.8 Å². The standard InChI is InChI=1S/C13H19N3S/c1-3-12(10-17-2)14-8-11-9-15-16-7-5-4-6-13(11)16/h4-7,9,12,14H,3,8,10H2,1-2H3. The lowest BCUT2D eigenvalue weighted by Crippen LogP contribution is -2.30. The second-order valence-electron chi connectivity index (χ2n) is 4.14. The lowest BCUT2D eigenvalue weighted by Gasteiger charge is -2.14. The molecule has 0 aliphatic heterocycles. The third kappa shape index (κ3) is 3.01. The minimum absolute atomic E-state index is 0.587. The number of rotatable bonds is 6. The zero-order chi connectivity index (χ0) is 12.1. The summed E-state index contributed by atoms with van der Waals surface area (Å²) in [7, 11) is 0. The summed E-state index contributed by atoms with van der Waals surface area (Å²) in [5.74, 6) is 1.16. The molecular formula is C13H19N3S. The van der Waals surface area contributed by atoms with Gasteiger partial charge < -0.3 is 5.32 Å². The van der Waals surface area contributed by atoms with Crippen molar-refractivity contribution in [1.82, 2.24) is 14.9 Å². The van der Waals surface area contributed by atoms with E-state index in [-0.39, 0.29) is 0 Å². The van der Waals surface area contributed by atoms with Crippen LogP contribution in [-0.4, -0.2) is 27.7 Å². The van der Waals surface area contributed by atoms with E-state index in [0.29, 0.717) is 6.04 Å². The Morgan fingerprint density at radius 3 is 3.12 bits per heavy atom. The minimum atomic E-state index is 0.587. The maximum absolute atomic E-state index is 4.34. The van der Waals surface area contributed by atoms with Crippen LogP contribution in [0.1, 0.15) is 18.9 Å². The lowest BCUT2D eigenvalue weighted by molar-refractivity contribution is 0.542. The molecule has 17 heavy (non-hydrogen) atoms. The minimum Gasteiger partial charge on any atom is -0.309 e. The molecule has 0 radical (unpaired) electrons. The van der Waals surface area contributed by atoms with Gasteiger partial charge in [-0.2, -0.15) is 16.9 Å². The van der Waals surface area contributed by atoms with Gasteiger partial charge in [-0.3, -0.25) is 0 Å². The summed E-state index contributed by atoms with van der Waals surface area (Å²) in [5, 5.41) is 7.93. The molecule has 0 fully saturated rings. The molecule has 0 amide bonds. The highest BCUT2D eigenvalue weighted by molar-refractivity contribution is 7.98. The molecule has 1 atom stereocenters. The van der Waals surface area contributed by atoms with E-state index in [9.17, 15) is 0 Å². The molecule has 4 heteroatoms. The maximum Gasteiger partial charge on any atom is 0.0706 e. The number of hydrogen-bond acceptors (Lipinski definition) is 3. The van der Waals surface area contributed by atoms with Crippen molar-refractivity contribution in [2.24, 2.45) is 0 Å². The number of thioether (sulfide) groups is 1. The molecule has 2 heterocycles. The Morgan fingerprint density at radius 1 is 1.47 bits per heavy atom.